The molecule has 0 fully saturated rings. The normalized spacial score (nSPS) is 10.8. The summed E-state index contributed by atoms with van der Waals surface area (Å²) in [5.74, 6) is 0. The molecule has 0 amide bonds. The Balaban J connectivity index is 2.14. The van der Waals surface area contributed by atoms with Crippen LogP contribution in [0.25, 0.3) is 0 Å². The number of hydrogen-bond donors (Lipinski definition) is 0. The Morgan fingerprint density at radius 1 is 1.38 bits per heavy atom. The number of aromatic nitrogens is 2. The van der Waals surface area contributed by atoms with Crippen LogP contribution in [0.1, 0.15) is 5.56 Å². The molecule has 80 valence electrons. The number of rotatable bonds is 3. The number of aliphatic imine (C=N–C) groups is 1. The Hall–Kier alpha value is -2.15. The third kappa shape index (κ3) is 2.45. The first kappa shape index (κ1) is 10.4. The molecule has 0 unspecified atom stereocenters. The largest absolute Gasteiger partial charge is 0.269 e. The van der Waals surface area contributed by atoms with E-state index in [-0.39, 0.29) is 5.69 Å². The van der Waals surface area contributed by atoms with Crippen molar-refractivity contribution in [1.82, 2.24) is 10.2 Å². The number of nitro benzene ring substituents is 1. The predicted molar refractivity (Wildman–Crippen MR) is 60.3 cm³/mol. The van der Waals surface area contributed by atoms with Crippen molar-refractivity contribution in [2.45, 2.75) is 0 Å². The van der Waals surface area contributed by atoms with Gasteiger partial charge < -0.3 is 0 Å². The summed E-state index contributed by atoms with van der Waals surface area (Å²) in [5.41, 5.74) is 2.43. The smallest absolute Gasteiger partial charge is 0.258 e. The second-order valence-corrected chi connectivity index (χ2v) is 3.64. The average molecular weight is 234 g/mol. The highest BCUT2D eigenvalue weighted by Crippen LogP contribution is 2.14. The molecule has 16 heavy (non-hydrogen) atoms. The first-order valence-corrected chi connectivity index (χ1v) is 5.18. The quantitative estimate of drug-likeness (QED) is 0.463. The molecular formula is C9H6N4O2S. The van der Waals surface area contributed by atoms with Gasteiger partial charge in [0.2, 0.25) is 5.13 Å². The third-order valence-electron chi connectivity index (χ3n) is 1.78. The Kier molecular flexibility index (Phi) is 2.97. The highest BCUT2D eigenvalue weighted by atomic mass is 32.1. The van der Waals surface area contributed by atoms with Gasteiger partial charge in [-0.05, 0) is 17.7 Å². The molecule has 0 spiro atoms. The number of nitro groups is 1. The van der Waals surface area contributed by atoms with E-state index in [1.165, 1.54) is 23.5 Å². The zero-order chi connectivity index (χ0) is 11.4. The van der Waals surface area contributed by atoms with Crippen LogP contribution in [0.3, 0.4) is 0 Å². The van der Waals surface area contributed by atoms with Crippen LogP contribution in [0.5, 0.6) is 0 Å². The van der Waals surface area contributed by atoms with Gasteiger partial charge in [-0.3, -0.25) is 10.1 Å². The van der Waals surface area contributed by atoms with E-state index in [4.69, 9.17) is 0 Å². The number of hydrogen-bond acceptors (Lipinski definition) is 6. The summed E-state index contributed by atoms with van der Waals surface area (Å²) >= 11 is 1.32. The Bertz CT molecular complexity index is 507. The van der Waals surface area contributed by atoms with Crippen molar-refractivity contribution >= 4 is 28.4 Å². The minimum Gasteiger partial charge on any atom is -0.258 e. The molecule has 0 N–H and O–H groups in total. The van der Waals surface area contributed by atoms with Crippen LogP contribution in [0.2, 0.25) is 0 Å². The van der Waals surface area contributed by atoms with E-state index in [0.717, 1.165) is 5.56 Å². The molecule has 0 atom stereocenters. The lowest BCUT2D eigenvalue weighted by atomic mass is 10.2. The van der Waals surface area contributed by atoms with Gasteiger partial charge in [0.05, 0.1) is 4.92 Å². The van der Waals surface area contributed by atoms with E-state index in [1.54, 1.807) is 23.9 Å². The molecule has 1 heterocycles. The molecule has 2 rings (SSSR count). The van der Waals surface area contributed by atoms with Gasteiger partial charge in [-0.1, -0.05) is 11.3 Å². The van der Waals surface area contributed by atoms with Crippen molar-refractivity contribution < 1.29 is 4.92 Å². The molecule has 2 aromatic rings. The van der Waals surface area contributed by atoms with E-state index in [9.17, 15) is 10.1 Å². The fraction of sp³-hybridized carbons (Fsp3) is 0. The molecular weight excluding hydrogens is 228 g/mol. The molecule has 0 bridgehead atoms. The monoisotopic (exact) mass is 234 g/mol. The zero-order valence-corrected chi connectivity index (χ0v) is 8.79. The molecule has 0 aliphatic rings. The zero-order valence-electron chi connectivity index (χ0n) is 7.98. The van der Waals surface area contributed by atoms with Crippen LogP contribution < -0.4 is 0 Å². The Morgan fingerprint density at radius 2 is 2.12 bits per heavy atom. The van der Waals surface area contributed by atoms with Crippen LogP contribution in [0, 0.1) is 10.1 Å². The van der Waals surface area contributed by atoms with Crippen molar-refractivity contribution in [3.05, 3.63) is 45.5 Å². The maximum absolute atomic E-state index is 10.4. The molecule has 7 heteroatoms. The van der Waals surface area contributed by atoms with Gasteiger partial charge in [0, 0.05) is 18.3 Å². The topological polar surface area (TPSA) is 81.3 Å². The SMILES string of the molecule is O=[N+]([O-])c1ccc(C=Nc2nncs2)cc1. The standard InChI is InChI=1S/C9H6N4O2S/c14-13(15)8-3-1-7(2-4-8)5-10-9-12-11-6-16-9/h1-6H. The van der Waals surface area contributed by atoms with Gasteiger partial charge >= 0.3 is 0 Å². The summed E-state index contributed by atoms with van der Waals surface area (Å²) in [5, 5.41) is 18.3. The van der Waals surface area contributed by atoms with Gasteiger partial charge in [0.15, 0.2) is 0 Å². The minimum atomic E-state index is -0.439. The van der Waals surface area contributed by atoms with Gasteiger partial charge in [0.1, 0.15) is 5.51 Å². The maximum Gasteiger partial charge on any atom is 0.269 e. The molecule has 6 nitrogen and oxygen atoms in total. The van der Waals surface area contributed by atoms with Crippen LogP contribution in [0.4, 0.5) is 10.8 Å². The van der Waals surface area contributed by atoms with E-state index >= 15 is 0 Å². The summed E-state index contributed by atoms with van der Waals surface area (Å²) < 4.78 is 0. The summed E-state index contributed by atoms with van der Waals surface area (Å²) in [7, 11) is 0. The molecule has 1 aromatic carbocycles. The van der Waals surface area contributed by atoms with Crippen molar-refractivity contribution in [3.8, 4) is 0 Å². The average Bonchev–Trinajstić information content (AvgIpc) is 2.80. The molecule has 0 aliphatic carbocycles. The van der Waals surface area contributed by atoms with Gasteiger partial charge in [-0.25, -0.2) is 4.99 Å². The highest BCUT2D eigenvalue weighted by molar-refractivity contribution is 7.13. The van der Waals surface area contributed by atoms with Crippen LogP contribution in [0.15, 0.2) is 34.8 Å². The first-order valence-electron chi connectivity index (χ1n) is 4.30. The lowest BCUT2D eigenvalue weighted by Crippen LogP contribution is -1.88. The van der Waals surface area contributed by atoms with E-state index in [1.807, 2.05) is 0 Å². The van der Waals surface area contributed by atoms with Crippen LogP contribution in [-0.2, 0) is 0 Å². The van der Waals surface area contributed by atoms with E-state index in [2.05, 4.69) is 15.2 Å². The van der Waals surface area contributed by atoms with Crippen molar-refractivity contribution in [1.29, 1.82) is 0 Å². The summed E-state index contributed by atoms with van der Waals surface area (Å²) in [6.07, 6.45) is 1.59. The third-order valence-corrected chi connectivity index (χ3v) is 2.37. The molecule has 0 radical (unpaired) electrons. The summed E-state index contributed by atoms with van der Waals surface area (Å²) in [6, 6.07) is 6.12. The second kappa shape index (κ2) is 4.58. The number of nitrogens with zero attached hydrogens (tertiary/aromatic N) is 4. The molecule has 0 saturated heterocycles. The van der Waals surface area contributed by atoms with Crippen molar-refractivity contribution in [2.75, 3.05) is 0 Å². The Labute approximate surface area is 94.4 Å². The van der Waals surface area contributed by atoms with Crippen molar-refractivity contribution in [2.24, 2.45) is 4.99 Å². The molecule has 0 saturated carbocycles. The molecule has 1 aromatic heterocycles. The summed E-state index contributed by atoms with van der Waals surface area (Å²) in [4.78, 5) is 14.0. The predicted octanol–water partition coefficient (Wildman–Crippen LogP) is 2.20. The highest BCUT2D eigenvalue weighted by Gasteiger charge is 2.02. The van der Waals surface area contributed by atoms with Gasteiger partial charge in [-0.15, -0.1) is 10.2 Å². The van der Waals surface area contributed by atoms with Gasteiger partial charge in [-0.2, -0.15) is 0 Å². The minimum absolute atomic E-state index is 0.0630. The number of benzene rings is 1. The van der Waals surface area contributed by atoms with Crippen molar-refractivity contribution in [3.63, 3.8) is 0 Å². The molecule has 0 aliphatic heterocycles. The lowest BCUT2D eigenvalue weighted by Gasteiger charge is -1.92. The maximum atomic E-state index is 10.4. The number of non-ortho nitro benzene ring substituents is 1. The van der Waals surface area contributed by atoms with E-state index in [0.29, 0.717) is 5.13 Å². The Morgan fingerprint density at radius 3 is 2.69 bits per heavy atom. The summed E-state index contributed by atoms with van der Waals surface area (Å²) in [6.45, 7) is 0. The first-order chi connectivity index (χ1) is 7.75. The van der Waals surface area contributed by atoms with Gasteiger partial charge in [0.25, 0.3) is 5.69 Å². The fourth-order valence-electron chi connectivity index (χ4n) is 1.04. The fourth-order valence-corrected chi connectivity index (χ4v) is 1.43. The second-order valence-electron chi connectivity index (χ2n) is 2.83. The van der Waals surface area contributed by atoms with Crippen LogP contribution >= 0.6 is 11.3 Å². The van der Waals surface area contributed by atoms with Crippen LogP contribution in [-0.4, -0.2) is 21.3 Å². The lowest BCUT2D eigenvalue weighted by molar-refractivity contribution is -0.384. The van der Waals surface area contributed by atoms with E-state index < -0.39 is 4.92 Å².